The smallest absolute Gasteiger partial charge is 0.407 e. The fourth-order valence-corrected chi connectivity index (χ4v) is 8.04. The summed E-state index contributed by atoms with van der Waals surface area (Å²) in [7, 11) is 2.52. The maximum Gasteiger partial charge on any atom is 0.407 e. The van der Waals surface area contributed by atoms with Crippen LogP contribution in [0, 0.1) is 11.8 Å². The van der Waals surface area contributed by atoms with Gasteiger partial charge in [0.05, 0.1) is 55.5 Å². The van der Waals surface area contributed by atoms with Gasteiger partial charge in [-0.15, -0.1) is 0 Å². The number of benzene rings is 2. The van der Waals surface area contributed by atoms with E-state index in [2.05, 4.69) is 30.6 Å². The van der Waals surface area contributed by atoms with Crippen molar-refractivity contribution in [1.82, 2.24) is 40.4 Å². The molecule has 4 amide bonds. The van der Waals surface area contributed by atoms with Crippen LogP contribution in [-0.2, 0) is 19.1 Å². The molecule has 5 heterocycles. The molecule has 0 bridgehead atoms. The molecular weight excluding hydrogens is 773 g/mol. The van der Waals surface area contributed by atoms with E-state index in [1.165, 1.54) is 14.2 Å². The molecule has 5 N–H and O–H groups in total. The lowest BCUT2D eigenvalue weighted by Gasteiger charge is -2.30. The SMILES string of the molecule is COC(=O)N[C@H](C(=O)N1CCC[C@H]1c1ncc(-c2ccc(-c3oc4ccc(-c5cnc([C@@H]6CCCN6C(=O)[C@@H](NC(=O)OC)C(C)C)[nH]5)cc4c(=O)c3O)cc2)[nH]1)C(C)C. The molecule has 5 aromatic rings. The molecule has 3 aromatic heterocycles. The lowest BCUT2D eigenvalue weighted by atomic mass is 10.0. The van der Waals surface area contributed by atoms with Gasteiger partial charge in [-0.3, -0.25) is 14.4 Å². The van der Waals surface area contributed by atoms with Crippen LogP contribution in [0.1, 0.15) is 77.1 Å². The number of aromatic amines is 2. The highest BCUT2D eigenvalue weighted by Gasteiger charge is 2.39. The molecule has 2 aliphatic rings. The zero-order valence-corrected chi connectivity index (χ0v) is 34.4. The number of imidazole rings is 2. The van der Waals surface area contributed by atoms with E-state index in [1.807, 2.05) is 39.8 Å². The van der Waals surface area contributed by atoms with Crippen LogP contribution >= 0.6 is 0 Å². The molecule has 4 atom stereocenters. The monoisotopic (exact) mass is 822 g/mol. The van der Waals surface area contributed by atoms with Gasteiger partial charge in [0.25, 0.3) is 0 Å². The van der Waals surface area contributed by atoms with Gasteiger partial charge in [0.2, 0.25) is 23.0 Å². The van der Waals surface area contributed by atoms with Crippen LogP contribution in [0.2, 0.25) is 0 Å². The quantitative estimate of drug-likeness (QED) is 0.103. The number of fused-ring (bicyclic) bond motifs is 1. The Morgan fingerprint density at radius 2 is 1.22 bits per heavy atom. The van der Waals surface area contributed by atoms with Crippen LogP contribution in [0.25, 0.3) is 44.8 Å². The van der Waals surface area contributed by atoms with Crippen LogP contribution in [0.5, 0.6) is 5.75 Å². The van der Waals surface area contributed by atoms with Gasteiger partial charge in [-0.2, -0.15) is 0 Å². The highest BCUT2D eigenvalue weighted by Crippen LogP contribution is 2.36. The zero-order valence-electron chi connectivity index (χ0n) is 34.4. The summed E-state index contributed by atoms with van der Waals surface area (Å²) in [6.45, 7) is 8.49. The average molecular weight is 823 g/mol. The number of aromatic nitrogens is 4. The first-order valence-corrected chi connectivity index (χ1v) is 20.1. The third-order valence-corrected chi connectivity index (χ3v) is 11.3. The van der Waals surface area contributed by atoms with Gasteiger partial charge in [0, 0.05) is 24.2 Å². The molecule has 60 heavy (non-hydrogen) atoms. The fraction of sp³-hybridized carbons (Fsp3) is 0.419. The first kappa shape index (κ1) is 41.5. The van der Waals surface area contributed by atoms with E-state index in [9.17, 15) is 29.1 Å². The number of amides is 4. The van der Waals surface area contributed by atoms with Gasteiger partial charge in [0.15, 0.2) is 5.76 Å². The summed E-state index contributed by atoms with van der Waals surface area (Å²) >= 11 is 0. The van der Waals surface area contributed by atoms with Crippen molar-refractivity contribution in [3.8, 4) is 39.6 Å². The van der Waals surface area contributed by atoms with Crippen LogP contribution < -0.4 is 16.1 Å². The molecule has 7 rings (SSSR count). The molecular formula is C43H50N8O9. The van der Waals surface area contributed by atoms with Crippen LogP contribution in [-0.4, -0.2) is 98.2 Å². The maximum absolute atomic E-state index is 13.6. The highest BCUT2D eigenvalue weighted by molar-refractivity contribution is 5.88. The molecule has 0 unspecified atom stereocenters. The Labute approximate surface area is 345 Å². The second-order valence-corrected chi connectivity index (χ2v) is 15.9. The second kappa shape index (κ2) is 17.3. The third-order valence-electron chi connectivity index (χ3n) is 11.3. The summed E-state index contributed by atoms with van der Waals surface area (Å²) < 4.78 is 15.6. The standard InChI is InChI=1S/C43H50N8O9/c1-22(2)33(48-42(56)58-5)40(54)50-17-7-9-30(50)38-44-20-28(46-38)24-11-13-25(14-12-24)37-36(53)35(52)27-19-26(15-16-32(27)60-37)29-21-45-39(47-29)31-10-8-18-51(31)41(55)34(23(3)4)49-43(57)59-6/h11-16,19-23,30-31,33-34,53H,7-10,17-18H2,1-6H3,(H,44,46)(H,45,47)(H,48,56)(H,49,57)/t30-,31-,33-,34-/m0/s1. The number of nitrogens with one attached hydrogen (secondary N) is 4. The minimum Gasteiger partial charge on any atom is -0.502 e. The van der Waals surface area contributed by atoms with Crippen molar-refractivity contribution < 1.29 is 38.2 Å². The number of carbonyl (C=O) groups excluding carboxylic acids is 4. The Bertz CT molecular complexity index is 2450. The van der Waals surface area contributed by atoms with Crippen LogP contribution in [0.4, 0.5) is 9.59 Å². The maximum atomic E-state index is 13.6. The molecule has 2 saturated heterocycles. The topological polar surface area (TPSA) is 225 Å². The first-order chi connectivity index (χ1) is 28.8. The summed E-state index contributed by atoms with van der Waals surface area (Å²) in [5.74, 6) is -0.0345. The number of carbonyl (C=O) groups is 4. The normalized spacial score (nSPS) is 17.6. The molecule has 17 nitrogen and oxygen atoms in total. The van der Waals surface area contributed by atoms with Gasteiger partial charge >= 0.3 is 12.2 Å². The van der Waals surface area contributed by atoms with E-state index >= 15 is 0 Å². The Morgan fingerprint density at radius 1 is 0.750 bits per heavy atom. The Morgan fingerprint density at radius 3 is 1.70 bits per heavy atom. The van der Waals surface area contributed by atoms with Crippen molar-refractivity contribution in [1.29, 1.82) is 0 Å². The molecule has 2 fully saturated rings. The molecule has 0 aliphatic carbocycles. The van der Waals surface area contributed by atoms with Crippen molar-refractivity contribution in [3.63, 3.8) is 0 Å². The second-order valence-electron chi connectivity index (χ2n) is 15.9. The highest BCUT2D eigenvalue weighted by atomic mass is 16.5. The van der Waals surface area contributed by atoms with Gasteiger partial charge in [-0.25, -0.2) is 19.6 Å². The van der Waals surface area contributed by atoms with Crippen molar-refractivity contribution in [2.24, 2.45) is 11.8 Å². The molecule has 17 heteroatoms. The molecule has 0 radical (unpaired) electrons. The number of aromatic hydroxyl groups is 1. The first-order valence-electron chi connectivity index (χ1n) is 20.1. The number of alkyl carbamates (subject to hydrolysis) is 2. The lowest BCUT2D eigenvalue weighted by Crippen LogP contribution is -2.51. The summed E-state index contributed by atoms with van der Waals surface area (Å²) in [6, 6.07) is 10.1. The van der Waals surface area contributed by atoms with Gasteiger partial charge in [-0.1, -0.05) is 52.0 Å². The fourth-order valence-electron chi connectivity index (χ4n) is 8.04. The minimum atomic E-state index is -0.760. The van der Waals surface area contributed by atoms with E-state index in [4.69, 9.17) is 13.9 Å². The van der Waals surface area contributed by atoms with E-state index in [0.717, 1.165) is 18.4 Å². The zero-order chi connectivity index (χ0) is 42.8. The Balaban J connectivity index is 1.07. The van der Waals surface area contributed by atoms with Crippen molar-refractivity contribution in [3.05, 3.63) is 76.7 Å². The van der Waals surface area contributed by atoms with Gasteiger partial charge < -0.3 is 49.4 Å². The van der Waals surface area contributed by atoms with Gasteiger partial charge in [-0.05, 0) is 61.3 Å². The summed E-state index contributed by atoms with van der Waals surface area (Å²) in [6.07, 6.45) is 4.95. The number of likely N-dealkylation sites (tertiary alicyclic amines) is 2. The Hall–Kier alpha value is -6.65. The number of rotatable bonds is 11. The Kier molecular flexibility index (Phi) is 12.0. The van der Waals surface area contributed by atoms with E-state index in [1.54, 1.807) is 52.5 Å². The number of ether oxygens (including phenoxy) is 2. The molecule has 0 saturated carbocycles. The van der Waals surface area contributed by atoms with Gasteiger partial charge in [0.1, 0.15) is 29.3 Å². The molecule has 0 spiro atoms. The summed E-state index contributed by atoms with van der Waals surface area (Å²) in [4.78, 5) is 84.0. The number of hydrogen-bond acceptors (Lipinski definition) is 11. The lowest BCUT2D eigenvalue weighted by molar-refractivity contribution is -0.136. The van der Waals surface area contributed by atoms with Crippen molar-refractivity contribution >= 4 is 35.0 Å². The summed E-state index contributed by atoms with van der Waals surface area (Å²) in [5, 5.41) is 16.6. The van der Waals surface area contributed by atoms with E-state index in [0.29, 0.717) is 60.1 Å². The van der Waals surface area contributed by atoms with E-state index < -0.39 is 35.4 Å². The molecule has 2 aliphatic heterocycles. The average Bonchev–Trinajstić information content (AvgIpc) is 4.09. The van der Waals surface area contributed by atoms with Crippen LogP contribution in [0.3, 0.4) is 0 Å². The molecule has 316 valence electrons. The van der Waals surface area contributed by atoms with E-state index in [-0.39, 0.29) is 52.5 Å². The number of methoxy groups -OCH3 is 2. The van der Waals surface area contributed by atoms with Crippen molar-refractivity contribution in [2.75, 3.05) is 27.3 Å². The number of H-pyrrole nitrogens is 2. The predicted molar refractivity (Wildman–Crippen MR) is 220 cm³/mol. The third kappa shape index (κ3) is 8.15. The van der Waals surface area contributed by atoms with Crippen LogP contribution in [0.15, 0.2) is 64.1 Å². The minimum absolute atomic E-state index is 0.0219. The van der Waals surface area contributed by atoms with Crippen molar-refractivity contribution in [2.45, 2.75) is 77.5 Å². The largest absolute Gasteiger partial charge is 0.502 e. The number of hydrogen-bond donors (Lipinski definition) is 5. The summed E-state index contributed by atoms with van der Waals surface area (Å²) in [5.41, 5.74) is 2.91. The number of nitrogens with zero attached hydrogens (tertiary/aromatic N) is 4. The predicted octanol–water partition coefficient (Wildman–Crippen LogP) is 6.03. The molecule has 2 aromatic carbocycles.